The highest BCUT2D eigenvalue weighted by Crippen LogP contribution is 2.39. The number of fused-ring (bicyclic) bond motifs is 3. The number of ether oxygens (including phenoxy) is 1. The predicted octanol–water partition coefficient (Wildman–Crippen LogP) is 4.23. The molecule has 5 aromatic rings. The molecule has 0 aliphatic rings. The Hall–Kier alpha value is -4.20. The van der Waals surface area contributed by atoms with E-state index < -0.39 is 27.3 Å². The topological polar surface area (TPSA) is 127 Å². The lowest BCUT2D eigenvalue weighted by Crippen LogP contribution is -2.11. The quantitative estimate of drug-likeness (QED) is 0.343. The van der Waals surface area contributed by atoms with E-state index in [2.05, 4.69) is 30.6 Å². The van der Waals surface area contributed by atoms with Gasteiger partial charge >= 0.3 is 6.18 Å². The number of halogens is 3. The fourth-order valence-electron chi connectivity index (χ4n) is 3.69. The SMILES string of the molecule is CCOc1ccc2c3c(-c4nc(Nc5cccc(S(C)(=O)=O)c5)ncc4C(F)(F)F)n[nH]c3nn2c1. The second-order valence-electron chi connectivity index (χ2n) is 7.80. The summed E-state index contributed by atoms with van der Waals surface area (Å²) in [7, 11) is -3.49. The first kappa shape index (κ1) is 23.5. The number of pyridine rings is 1. The molecule has 0 amide bonds. The van der Waals surface area contributed by atoms with E-state index in [-0.39, 0.29) is 27.9 Å². The van der Waals surface area contributed by atoms with Gasteiger partial charge in [-0.25, -0.2) is 22.9 Å². The highest BCUT2D eigenvalue weighted by Gasteiger charge is 2.37. The lowest BCUT2D eigenvalue weighted by molar-refractivity contribution is -0.137. The summed E-state index contributed by atoms with van der Waals surface area (Å²) in [6, 6.07) is 9.14. The van der Waals surface area contributed by atoms with Gasteiger partial charge in [0.25, 0.3) is 0 Å². The molecule has 0 fully saturated rings. The van der Waals surface area contributed by atoms with E-state index in [9.17, 15) is 21.6 Å². The second kappa shape index (κ2) is 8.48. The monoisotopic (exact) mass is 517 g/mol. The number of rotatable bonds is 6. The average molecular weight is 517 g/mol. The molecular weight excluding hydrogens is 499 g/mol. The van der Waals surface area contributed by atoms with E-state index in [1.54, 1.807) is 24.4 Å². The number of benzene rings is 1. The van der Waals surface area contributed by atoms with E-state index in [1.807, 2.05) is 6.92 Å². The van der Waals surface area contributed by atoms with Crippen molar-refractivity contribution in [1.29, 1.82) is 0 Å². The molecule has 10 nitrogen and oxygen atoms in total. The zero-order valence-electron chi connectivity index (χ0n) is 18.8. The Labute approximate surface area is 202 Å². The zero-order valence-corrected chi connectivity index (χ0v) is 19.6. The maximum absolute atomic E-state index is 13.9. The molecule has 0 spiro atoms. The standard InChI is InChI=1S/C22H18F3N7O3S/c1-3-35-13-7-8-16-17-19(29-30-20(17)31-32(16)11-13)18-15(22(23,24)25)10-26-21(28-18)27-12-5-4-6-14(9-12)36(2,33)34/h4-11H,3H2,1-2H3,(H,30,31)(H,26,27,28). The number of alkyl halides is 3. The van der Waals surface area contributed by atoms with Crippen LogP contribution in [0.2, 0.25) is 0 Å². The highest BCUT2D eigenvalue weighted by atomic mass is 32.2. The third-order valence-electron chi connectivity index (χ3n) is 5.26. The minimum atomic E-state index is -4.76. The number of hydrogen-bond acceptors (Lipinski definition) is 8. The highest BCUT2D eigenvalue weighted by molar-refractivity contribution is 7.90. The van der Waals surface area contributed by atoms with Crippen molar-refractivity contribution in [2.24, 2.45) is 0 Å². The van der Waals surface area contributed by atoms with Crippen LogP contribution in [-0.2, 0) is 16.0 Å². The lowest BCUT2D eigenvalue weighted by atomic mass is 10.1. The van der Waals surface area contributed by atoms with Gasteiger partial charge in [0, 0.05) is 18.1 Å². The molecule has 186 valence electrons. The van der Waals surface area contributed by atoms with Crippen molar-refractivity contribution in [1.82, 2.24) is 29.8 Å². The van der Waals surface area contributed by atoms with Crippen LogP contribution in [0.4, 0.5) is 24.8 Å². The van der Waals surface area contributed by atoms with Crippen molar-refractivity contribution in [3.8, 4) is 17.1 Å². The summed E-state index contributed by atoms with van der Waals surface area (Å²) in [6.45, 7) is 2.27. The van der Waals surface area contributed by atoms with Crippen LogP contribution in [0.25, 0.3) is 27.9 Å². The van der Waals surface area contributed by atoms with Gasteiger partial charge in [-0.2, -0.15) is 18.3 Å². The number of anilines is 2. The van der Waals surface area contributed by atoms with Gasteiger partial charge in [-0.15, -0.1) is 5.10 Å². The van der Waals surface area contributed by atoms with Gasteiger partial charge in [-0.05, 0) is 37.3 Å². The van der Waals surface area contributed by atoms with Crippen molar-refractivity contribution in [2.45, 2.75) is 18.0 Å². The zero-order chi connectivity index (χ0) is 25.7. The Morgan fingerprint density at radius 3 is 2.69 bits per heavy atom. The Kier molecular flexibility index (Phi) is 5.54. The van der Waals surface area contributed by atoms with Crippen LogP contribution in [-0.4, -0.2) is 51.1 Å². The molecule has 0 radical (unpaired) electrons. The van der Waals surface area contributed by atoms with E-state index in [0.29, 0.717) is 29.5 Å². The summed E-state index contributed by atoms with van der Waals surface area (Å²) in [4.78, 5) is 7.95. The van der Waals surface area contributed by atoms with Gasteiger partial charge in [-0.1, -0.05) is 6.07 Å². The fourth-order valence-corrected chi connectivity index (χ4v) is 4.36. The summed E-state index contributed by atoms with van der Waals surface area (Å²) in [5, 5.41) is 14.2. The van der Waals surface area contributed by atoms with Crippen molar-refractivity contribution >= 4 is 38.0 Å². The Morgan fingerprint density at radius 2 is 1.97 bits per heavy atom. The van der Waals surface area contributed by atoms with E-state index in [1.165, 1.54) is 22.7 Å². The molecule has 0 bridgehead atoms. The first-order valence-electron chi connectivity index (χ1n) is 10.6. The number of hydrogen-bond donors (Lipinski definition) is 2. The van der Waals surface area contributed by atoms with Crippen LogP contribution in [0.15, 0.2) is 53.7 Å². The molecule has 5 rings (SSSR count). The first-order chi connectivity index (χ1) is 17.0. The Morgan fingerprint density at radius 1 is 1.17 bits per heavy atom. The van der Waals surface area contributed by atoms with Crippen LogP contribution < -0.4 is 10.1 Å². The fraction of sp³-hybridized carbons (Fsp3) is 0.182. The van der Waals surface area contributed by atoms with Gasteiger partial charge < -0.3 is 10.1 Å². The predicted molar refractivity (Wildman–Crippen MR) is 125 cm³/mol. The summed E-state index contributed by atoms with van der Waals surface area (Å²) < 4.78 is 72.4. The summed E-state index contributed by atoms with van der Waals surface area (Å²) in [6.07, 6.45) is -1.44. The van der Waals surface area contributed by atoms with Gasteiger partial charge in [-0.3, -0.25) is 5.10 Å². The number of sulfone groups is 1. The van der Waals surface area contributed by atoms with Gasteiger partial charge in [0.2, 0.25) is 5.95 Å². The molecular formula is C22H18F3N7O3S. The normalized spacial score (nSPS) is 12.4. The Balaban J connectivity index is 1.64. The molecule has 0 atom stereocenters. The average Bonchev–Trinajstić information content (AvgIpc) is 3.37. The number of H-pyrrole nitrogens is 1. The van der Waals surface area contributed by atoms with Crippen molar-refractivity contribution < 1.29 is 26.3 Å². The minimum Gasteiger partial charge on any atom is -0.492 e. The molecule has 2 N–H and O–H groups in total. The largest absolute Gasteiger partial charge is 0.492 e. The third-order valence-corrected chi connectivity index (χ3v) is 6.37. The molecule has 4 heterocycles. The summed E-state index contributed by atoms with van der Waals surface area (Å²) in [5.41, 5.74) is -0.562. The van der Waals surface area contributed by atoms with Crippen molar-refractivity contribution in [2.75, 3.05) is 18.2 Å². The van der Waals surface area contributed by atoms with E-state index in [0.717, 1.165) is 6.26 Å². The molecule has 14 heteroatoms. The van der Waals surface area contributed by atoms with Gasteiger partial charge in [0.15, 0.2) is 15.5 Å². The van der Waals surface area contributed by atoms with Crippen LogP contribution >= 0.6 is 0 Å². The number of aromatic nitrogens is 6. The van der Waals surface area contributed by atoms with Crippen LogP contribution in [0, 0.1) is 0 Å². The van der Waals surface area contributed by atoms with Crippen LogP contribution in [0.3, 0.4) is 0 Å². The number of nitrogens with zero attached hydrogens (tertiary/aromatic N) is 5. The van der Waals surface area contributed by atoms with Crippen molar-refractivity contribution in [3.63, 3.8) is 0 Å². The van der Waals surface area contributed by atoms with Crippen LogP contribution in [0.5, 0.6) is 5.75 Å². The molecule has 0 aliphatic carbocycles. The molecule has 0 saturated carbocycles. The van der Waals surface area contributed by atoms with Crippen molar-refractivity contribution in [3.05, 3.63) is 54.4 Å². The molecule has 0 aliphatic heterocycles. The van der Waals surface area contributed by atoms with E-state index >= 15 is 0 Å². The number of nitrogens with one attached hydrogen (secondary N) is 2. The van der Waals surface area contributed by atoms with Gasteiger partial charge in [0.1, 0.15) is 22.7 Å². The molecule has 1 aromatic carbocycles. The third kappa shape index (κ3) is 4.30. The molecule has 0 saturated heterocycles. The first-order valence-corrected chi connectivity index (χ1v) is 12.4. The summed E-state index contributed by atoms with van der Waals surface area (Å²) in [5.74, 6) is 0.375. The molecule has 4 aromatic heterocycles. The molecule has 0 unspecified atom stereocenters. The smallest absolute Gasteiger partial charge is 0.420 e. The lowest BCUT2D eigenvalue weighted by Gasteiger charge is -2.13. The minimum absolute atomic E-state index is 0.0337. The molecule has 36 heavy (non-hydrogen) atoms. The summed E-state index contributed by atoms with van der Waals surface area (Å²) >= 11 is 0. The van der Waals surface area contributed by atoms with Crippen LogP contribution in [0.1, 0.15) is 12.5 Å². The Bertz CT molecular complexity index is 1710. The maximum atomic E-state index is 13.9. The maximum Gasteiger partial charge on any atom is 0.420 e. The second-order valence-corrected chi connectivity index (χ2v) is 9.82. The number of aromatic amines is 1. The van der Waals surface area contributed by atoms with E-state index in [4.69, 9.17) is 4.74 Å². The van der Waals surface area contributed by atoms with Gasteiger partial charge in [0.05, 0.1) is 28.6 Å².